The van der Waals surface area contributed by atoms with Gasteiger partial charge in [-0.3, -0.25) is 5.32 Å². The summed E-state index contributed by atoms with van der Waals surface area (Å²) in [4.78, 5) is 22.8. The second-order valence-corrected chi connectivity index (χ2v) is 6.70. The van der Waals surface area contributed by atoms with Crippen molar-refractivity contribution in [3.05, 3.63) is 66.3 Å². The van der Waals surface area contributed by atoms with Gasteiger partial charge < -0.3 is 4.90 Å². The van der Waals surface area contributed by atoms with Gasteiger partial charge in [0.2, 0.25) is 0 Å². The number of nitrogens with one attached hydrogen (secondary N) is 1. The zero-order chi connectivity index (χ0) is 20.2. The average Bonchev–Trinajstić information content (AvgIpc) is 2.76. The molecular formula is C20H18F2N6O. The topological polar surface area (TPSA) is 83.9 Å². The predicted octanol–water partition coefficient (Wildman–Crippen LogP) is 3.62. The minimum Gasteiger partial charge on any atom is -0.324 e. The van der Waals surface area contributed by atoms with Crippen molar-refractivity contribution in [1.29, 1.82) is 0 Å². The summed E-state index contributed by atoms with van der Waals surface area (Å²) in [5.41, 5.74) is 0.448. The van der Waals surface area contributed by atoms with Crippen LogP contribution in [-0.4, -0.2) is 44.2 Å². The van der Waals surface area contributed by atoms with Crippen molar-refractivity contribution >= 4 is 11.8 Å². The van der Waals surface area contributed by atoms with Crippen molar-refractivity contribution < 1.29 is 13.6 Å². The molecule has 4 rings (SSSR count). The molecule has 0 unspecified atom stereocenters. The first-order valence-electron chi connectivity index (χ1n) is 9.23. The fourth-order valence-electron chi connectivity index (χ4n) is 3.32. The highest BCUT2D eigenvalue weighted by Crippen LogP contribution is 2.28. The summed E-state index contributed by atoms with van der Waals surface area (Å²) in [7, 11) is 0. The number of hydrogen-bond acceptors (Lipinski definition) is 5. The largest absolute Gasteiger partial charge is 0.324 e. The van der Waals surface area contributed by atoms with Crippen molar-refractivity contribution in [3.63, 3.8) is 0 Å². The molecule has 0 bridgehead atoms. The lowest BCUT2D eigenvalue weighted by Gasteiger charge is -2.31. The number of likely N-dealkylation sites (tertiary alicyclic amines) is 1. The lowest BCUT2D eigenvalue weighted by Crippen LogP contribution is -2.41. The van der Waals surface area contributed by atoms with Crippen molar-refractivity contribution in [2.75, 3.05) is 18.4 Å². The maximum absolute atomic E-state index is 14.1. The van der Waals surface area contributed by atoms with Gasteiger partial charge in [-0.2, -0.15) is 5.10 Å². The molecule has 1 aliphatic heterocycles. The van der Waals surface area contributed by atoms with Crippen LogP contribution in [0.2, 0.25) is 0 Å². The van der Waals surface area contributed by atoms with E-state index in [1.165, 1.54) is 18.3 Å². The quantitative estimate of drug-likeness (QED) is 0.731. The molecule has 0 atom stereocenters. The van der Waals surface area contributed by atoms with E-state index in [4.69, 9.17) is 0 Å². The molecular weight excluding hydrogens is 378 g/mol. The molecule has 3 heterocycles. The van der Waals surface area contributed by atoms with Gasteiger partial charge in [-0.1, -0.05) is 6.07 Å². The number of halogens is 2. The standard InChI is InChI=1S/C20H18F2N6O/c21-15-4-1-3-14(18(15)22)16-6-10-23-19(25-16)13-7-11-28(12-8-13)20(29)26-17-5-2-9-24-27-17/h1-6,9-10,13H,7-8,11-12H2,(H,26,27,29). The molecule has 0 spiro atoms. The van der Waals surface area contributed by atoms with E-state index in [9.17, 15) is 13.6 Å². The van der Waals surface area contributed by atoms with E-state index >= 15 is 0 Å². The number of amides is 2. The van der Waals surface area contributed by atoms with Crippen LogP contribution in [0.1, 0.15) is 24.6 Å². The summed E-state index contributed by atoms with van der Waals surface area (Å²) in [6.45, 7) is 1.05. The van der Waals surface area contributed by atoms with Gasteiger partial charge >= 0.3 is 6.03 Å². The minimum absolute atomic E-state index is 0.0344. The van der Waals surface area contributed by atoms with E-state index < -0.39 is 11.6 Å². The molecule has 1 saturated heterocycles. The third-order valence-electron chi connectivity index (χ3n) is 4.86. The Morgan fingerprint density at radius 2 is 1.90 bits per heavy atom. The van der Waals surface area contributed by atoms with Crippen LogP contribution in [0, 0.1) is 11.6 Å². The number of carbonyl (C=O) groups is 1. The molecule has 0 saturated carbocycles. The van der Waals surface area contributed by atoms with E-state index in [0.29, 0.717) is 43.3 Å². The highest BCUT2D eigenvalue weighted by molar-refractivity contribution is 5.88. The number of anilines is 1. The monoisotopic (exact) mass is 396 g/mol. The number of hydrogen-bond donors (Lipinski definition) is 1. The van der Waals surface area contributed by atoms with Crippen LogP contribution in [-0.2, 0) is 0 Å². The second-order valence-electron chi connectivity index (χ2n) is 6.70. The molecule has 148 valence electrons. The van der Waals surface area contributed by atoms with E-state index in [1.54, 1.807) is 29.3 Å². The highest BCUT2D eigenvalue weighted by atomic mass is 19.2. The summed E-state index contributed by atoms with van der Waals surface area (Å²) in [5, 5.41) is 10.3. The first-order chi connectivity index (χ1) is 14.1. The number of benzene rings is 1. The fraction of sp³-hybridized carbons (Fsp3) is 0.250. The maximum atomic E-state index is 14.1. The molecule has 1 aromatic carbocycles. The van der Waals surface area contributed by atoms with Crippen LogP contribution in [0.4, 0.5) is 19.4 Å². The molecule has 1 N–H and O–H groups in total. The highest BCUT2D eigenvalue weighted by Gasteiger charge is 2.26. The third kappa shape index (κ3) is 4.18. The van der Waals surface area contributed by atoms with Crippen LogP contribution in [0.5, 0.6) is 0 Å². The van der Waals surface area contributed by atoms with Crippen molar-refractivity contribution in [1.82, 2.24) is 25.1 Å². The first-order valence-corrected chi connectivity index (χ1v) is 9.23. The Morgan fingerprint density at radius 3 is 2.66 bits per heavy atom. The van der Waals surface area contributed by atoms with Crippen LogP contribution in [0.15, 0.2) is 48.8 Å². The minimum atomic E-state index is -0.923. The van der Waals surface area contributed by atoms with E-state index in [0.717, 1.165) is 6.07 Å². The predicted molar refractivity (Wildman–Crippen MR) is 102 cm³/mol. The van der Waals surface area contributed by atoms with E-state index in [1.807, 2.05) is 0 Å². The van der Waals surface area contributed by atoms with Gasteiger partial charge in [-0.25, -0.2) is 23.5 Å². The van der Waals surface area contributed by atoms with Gasteiger partial charge in [0.15, 0.2) is 17.5 Å². The fourth-order valence-corrected chi connectivity index (χ4v) is 3.32. The summed E-state index contributed by atoms with van der Waals surface area (Å²) in [6, 6.07) is 8.70. The summed E-state index contributed by atoms with van der Waals surface area (Å²) in [5.74, 6) is -0.835. The van der Waals surface area contributed by atoms with E-state index in [-0.39, 0.29) is 17.5 Å². The second kappa shape index (κ2) is 8.26. The Morgan fingerprint density at radius 1 is 1.07 bits per heavy atom. The molecule has 2 amide bonds. The number of rotatable bonds is 3. The normalized spacial score (nSPS) is 14.6. The SMILES string of the molecule is O=C(Nc1cccnn1)N1CCC(c2nccc(-c3cccc(F)c3F)n2)CC1. The Bertz CT molecular complexity index is 1010. The van der Waals surface area contributed by atoms with Crippen molar-refractivity contribution in [2.24, 2.45) is 0 Å². The van der Waals surface area contributed by atoms with Gasteiger partial charge in [-0.05, 0) is 43.2 Å². The molecule has 0 aliphatic carbocycles. The van der Waals surface area contributed by atoms with Crippen LogP contribution in [0.3, 0.4) is 0 Å². The molecule has 0 radical (unpaired) electrons. The Hall–Kier alpha value is -3.49. The van der Waals surface area contributed by atoms with Crippen molar-refractivity contribution in [2.45, 2.75) is 18.8 Å². The molecule has 1 fully saturated rings. The number of piperidine rings is 1. The summed E-state index contributed by atoms with van der Waals surface area (Å²) in [6.07, 6.45) is 4.42. The van der Waals surface area contributed by atoms with Gasteiger partial charge in [0.25, 0.3) is 0 Å². The smallest absolute Gasteiger partial charge is 0.323 e. The molecule has 2 aromatic heterocycles. The first kappa shape index (κ1) is 18.9. The van der Waals surface area contributed by atoms with Crippen LogP contribution < -0.4 is 5.32 Å². The van der Waals surface area contributed by atoms with Gasteiger partial charge in [-0.15, -0.1) is 5.10 Å². The molecule has 3 aromatic rings. The van der Waals surface area contributed by atoms with E-state index in [2.05, 4.69) is 25.5 Å². The van der Waals surface area contributed by atoms with Gasteiger partial charge in [0.1, 0.15) is 5.82 Å². The molecule has 7 nitrogen and oxygen atoms in total. The summed E-state index contributed by atoms with van der Waals surface area (Å²) < 4.78 is 27.6. The molecule has 29 heavy (non-hydrogen) atoms. The Kier molecular flexibility index (Phi) is 5.37. The lowest BCUT2D eigenvalue weighted by atomic mass is 9.96. The average molecular weight is 396 g/mol. The summed E-state index contributed by atoms with van der Waals surface area (Å²) >= 11 is 0. The molecule has 9 heteroatoms. The lowest BCUT2D eigenvalue weighted by molar-refractivity contribution is 0.193. The third-order valence-corrected chi connectivity index (χ3v) is 4.86. The van der Waals surface area contributed by atoms with Crippen molar-refractivity contribution in [3.8, 4) is 11.3 Å². The van der Waals surface area contributed by atoms with Crippen LogP contribution in [0.25, 0.3) is 11.3 Å². The molecule has 1 aliphatic rings. The number of nitrogens with zero attached hydrogens (tertiary/aromatic N) is 5. The van der Waals surface area contributed by atoms with Gasteiger partial charge in [0.05, 0.1) is 5.69 Å². The maximum Gasteiger partial charge on any atom is 0.323 e. The zero-order valence-corrected chi connectivity index (χ0v) is 15.4. The van der Waals surface area contributed by atoms with Crippen LogP contribution >= 0.6 is 0 Å². The number of urea groups is 1. The Labute approximate surface area is 165 Å². The number of aromatic nitrogens is 4. The zero-order valence-electron chi connectivity index (χ0n) is 15.4. The number of carbonyl (C=O) groups excluding carboxylic acids is 1. The Balaban J connectivity index is 1.42. The van der Waals surface area contributed by atoms with Gasteiger partial charge in [0, 0.05) is 37.0 Å².